The van der Waals surface area contributed by atoms with Gasteiger partial charge in [0.15, 0.2) is 0 Å². The fourth-order valence-electron chi connectivity index (χ4n) is 2.43. The van der Waals surface area contributed by atoms with Crippen molar-refractivity contribution >= 4 is 11.0 Å². The molecule has 0 atom stereocenters. The quantitative estimate of drug-likeness (QED) is 0.757. The number of aromatic amines is 1. The lowest BCUT2D eigenvalue weighted by Crippen LogP contribution is -2.24. The van der Waals surface area contributed by atoms with Gasteiger partial charge in [-0.1, -0.05) is 36.4 Å². The van der Waals surface area contributed by atoms with Gasteiger partial charge in [-0.25, -0.2) is 4.98 Å². The van der Waals surface area contributed by atoms with Crippen molar-refractivity contribution in [2.75, 3.05) is 13.2 Å². The molecule has 3 aromatic rings. The predicted octanol–water partition coefficient (Wildman–Crippen LogP) is 3.34. The first-order valence-corrected chi connectivity index (χ1v) is 6.53. The van der Waals surface area contributed by atoms with Gasteiger partial charge in [0.2, 0.25) is 0 Å². The van der Waals surface area contributed by atoms with Crippen molar-refractivity contribution in [1.29, 1.82) is 0 Å². The summed E-state index contributed by atoms with van der Waals surface area (Å²) in [6, 6.07) is 16.7. The minimum Gasteiger partial charge on any atom is -0.380 e. The summed E-state index contributed by atoms with van der Waals surface area (Å²) in [5.74, 6) is 1.50. The Bertz CT molecular complexity index is 678. The first-order chi connectivity index (χ1) is 9.40. The smallest absolute Gasteiger partial charge is 0.138 e. The normalized spacial score (nSPS) is 15.6. The minimum atomic E-state index is 0.574. The lowest BCUT2D eigenvalue weighted by Gasteiger charge is -2.26. The number of benzene rings is 2. The van der Waals surface area contributed by atoms with Gasteiger partial charge < -0.3 is 9.72 Å². The van der Waals surface area contributed by atoms with Gasteiger partial charge in [-0.3, -0.25) is 0 Å². The highest BCUT2D eigenvalue weighted by molar-refractivity contribution is 5.79. The van der Waals surface area contributed by atoms with Crippen LogP contribution in [0.15, 0.2) is 48.5 Å². The summed E-state index contributed by atoms with van der Waals surface area (Å²) in [4.78, 5) is 7.96. The minimum absolute atomic E-state index is 0.574. The van der Waals surface area contributed by atoms with Gasteiger partial charge >= 0.3 is 0 Å². The lowest BCUT2D eigenvalue weighted by molar-refractivity contribution is 0.00843. The van der Waals surface area contributed by atoms with E-state index in [2.05, 4.69) is 34.2 Å². The standard InChI is InChI=1S/C16H14N2O/c1-2-4-15-14(3-1)17-16(18-15)12-7-5-11(6-8-12)13-9-19-10-13/h1-8,13H,9-10H2,(H,17,18). The summed E-state index contributed by atoms with van der Waals surface area (Å²) in [6.45, 7) is 1.70. The maximum Gasteiger partial charge on any atom is 0.138 e. The molecule has 4 rings (SSSR count). The second-order valence-electron chi connectivity index (χ2n) is 4.96. The maximum absolute atomic E-state index is 5.23. The average Bonchev–Trinajstić information content (AvgIpc) is 2.81. The van der Waals surface area contributed by atoms with E-state index < -0.39 is 0 Å². The molecule has 0 amide bonds. The molecule has 3 nitrogen and oxygen atoms in total. The number of fused-ring (bicyclic) bond motifs is 1. The zero-order valence-corrected chi connectivity index (χ0v) is 10.5. The van der Waals surface area contributed by atoms with Gasteiger partial charge in [0.1, 0.15) is 5.82 Å². The van der Waals surface area contributed by atoms with Crippen LogP contribution in [0.3, 0.4) is 0 Å². The molecule has 1 aliphatic heterocycles. The summed E-state index contributed by atoms with van der Waals surface area (Å²) in [5, 5.41) is 0. The van der Waals surface area contributed by atoms with Gasteiger partial charge in [-0.15, -0.1) is 0 Å². The van der Waals surface area contributed by atoms with E-state index in [4.69, 9.17) is 4.74 Å². The van der Waals surface area contributed by atoms with Gasteiger partial charge in [0.25, 0.3) is 0 Å². The third-order valence-electron chi connectivity index (χ3n) is 3.68. The third kappa shape index (κ3) is 1.83. The van der Waals surface area contributed by atoms with E-state index >= 15 is 0 Å². The summed E-state index contributed by atoms with van der Waals surface area (Å²) in [6.07, 6.45) is 0. The first kappa shape index (κ1) is 10.8. The Morgan fingerprint density at radius 1 is 1.00 bits per heavy atom. The Morgan fingerprint density at radius 2 is 1.79 bits per heavy atom. The van der Waals surface area contributed by atoms with Crippen molar-refractivity contribution in [2.24, 2.45) is 0 Å². The molecule has 2 aromatic carbocycles. The molecule has 1 aliphatic rings. The Kier molecular flexibility index (Phi) is 2.38. The van der Waals surface area contributed by atoms with Crippen LogP contribution < -0.4 is 0 Å². The second kappa shape index (κ2) is 4.21. The summed E-state index contributed by atoms with van der Waals surface area (Å²) < 4.78 is 5.23. The van der Waals surface area contributed by atoms with E-state index in [1.165, 1.54) is 5.56 Å². The number of nitrogens with zero attached hydrogens (tertiary/aromatic N) is 1. The van der Waals surface area contributed by atoms with Crippen LogP contribution in [0.25, 0.3) is 22.4 Å². The lowest BCUT2D eigenvalue weighted by atomic mass is 9.96. The number of H-pyrrole nitrogens is 1. The van der Waals surface area contributed by atoms with Crippen molar-refractivity contribution in [3.8, 4) is 11.4 Å². The molecule has 2 heterocycles. The molecular formula is C16H14N2O. The van der Waals surface area contributed by atoms with E-state index in [0.717, 1.165) is 35.6 Å². The second-order valence-corrected chi connectivity index (χ2v) is 4.96. The van der Waals surface area contributed by atoms with Crippen molar-refractivity contribution in [1.82, 2.24) is 9.97 Å². The molecule has 0 saturated carbocycles. The molecule has 1 saturated heterocycles. The molecular weight excluding hydrogens is 236 g/mol. The molecule has 1 N–H and O–H groups in total. The molecule has 1 fully saturated rings. The van der Waals surface area contributed by atoms with E-state index in [9.17, 15) is 0 Å². The number of ether oxygens (including phenoxy) is 1. The Morgan fingerprint density at radius 3 is 2.47 bits per heavy atom. The molecule has 3 heteroatoms. The van der Waals surface area contributed by atoms with Crippen LogP contribution in [0.4, 0.5) is 0 Å². The zero-order valence-electron chi connectivity index (χ0n) is 10.5. The monoisotopic (exact) mass is 250 g/mol. The third-order valence-corrected chi connectivity index (χ3v) is 3.68. The van der Waals surface area contributed by atoms with E-state index in [1.807, 2.05) is 24.3 Å². The highest BCUT2D eigenvalue weighted by Crippen LogP contribution is 2.26. The van der Waals surface area contributed by atoms with Gasteiger partial charge in [-0.05, 0) is 17.7 Å². The zero-order chi connectivity index (χ0) is 12.7. The first-order valence-electron chi connectivity index (χ1n) is 6.53. The van der Waals surface area contributed by atoms with E-state index in [-0.39, 0.29) is 0 Å². The van der Waals surface area contributed by atoms with Gasteiger partial charge in [0.05, 0.1) is 24.2 Å². The van der Waals surface area contributed by atoms with Crippen molar-refractivity contribution in [2.45, 2.75) is 5.92 Å². The summed E-state index contributed by atoms with van der Waals surface area (Å²) >= 11 is 0. The topological polar surface area (TPSA) is 37.9 Å². The van der Waals surface area contributed by atoms with Crippen LogP contribution in [0.1, 0.15) is 11.5 Å². The fourth-order valence-corrected chi connectivity index (χ4v) is 2.43. The number of aromatic nitrogens is 2. The molecule has 0 spiro atoms. The Hall–Kier alpha value is -2.13. The largest absolute Gasteiger partial charge is 0.380 e. The predicted molar refractivity (Wildman–Crippen MR) is 75.1 cm³/mol. The van der Waals surface area contributed by atoms with Crippen LogP contribution in [0, 0.1) is 0 Å². The van der Waals surface area contributed by atoms with E-state index in [1.54, 1.807) is 0 Å². The van der Waals surface area contributed by atoms with Crippen molar-refractivity contribution in [3.63, 3.8) is 0 Å². The molecule has 94 valence electrons. The Labute approximate surface area is 111 Å². The molecule has 0 aliphatic carbocycles. The van der Waals surface area contributed by atoms with Crippen molar-refractivity contribution in [3.05, 3.63) is 54.1 Å². The molecule has 1 aromatic heterocycles. The number of hydrogen-bond donors (Lipinski definition) is 1. The summed E-state index contributed by atoms with van der Waals surface area (Å²) in [5.41, 5.74) is 4.56. The van der Waals surface area contributed by atoms with Crippen LogP contribution in [0.2, 0.25) is 0 Å². The van der Waals surface area contributed by atoms with Crippen LogP contribution in [-0.2, 0) is 4.74 Å². The average molecular weight is 250 g/mol. The van der Waals surface area contributed by atoms with Crippen LogP contribution >= 0.6 is 0 Å². The van der Waals surface area contributed by atoms with Gasteiger partial charge in [-0.2, -0.15) is 0 Å². The number of hydrogen-bond acceptors (Lipinski definition) is 2. The summed E-state index contributed by atoms with van der Waals surface area (Å²) in [7, 11) is 0. The maximum atomic E-state index is 5.23. The highest BCUT2D eigenvalue weighted by atomic mass is 16.5. The van der Waals surface area contributed by atoms with Gasteiger partial charge in [0, 0.05) is 11.5 Å². The molecule has 0 unspecified atom stereocenters. The van der Waals surface area contributed by atoms with Crippen LogP contribution in [0.5, 0.6) is 0 Å². The van der Waals surface area contributed by atoms with Crippen LogP contribution in [-0.4, -0.2) is 23.2 Å². The number of rotatable bonds is 2. The fraction of sp³-hybridized carbons (Fsp3) is 0.188. The van der Waals surface area contributed by atoms with Crippen molar-refractivity contribution < 1.29 is 4.74 Å². The molecule has 0 bridgehead atoms. The SMILES string of the molecule is c1ccc2[nH]c(-c3ccc(C4COC4)cc3)nc2c1. The number of imidazole rings is 1. The number of para-hydroxylation sites is 2. The molecule has 19 heavy (non-hydrogen) atoms. The van der Waals surface area contributed by atoms with E-state index in [0.29, 0.717) is 5.92 Å². The number of nitrogens with one attached hydrogen (secondary N) is 1. The highest BCUT2D eigenvalue weighted by Gasteiger charge is 2.20. The Balaban J connectivity index is 1.70. The molecule has 0 radical (unpaired) electrons.